The predicted octanol–water partition coefficient (Wildman–Crippen LogP) is 2.96. The van der Waals surface area contributed by atoms with Crippen LogP contribution in [-0.4, -0.2) is 7.11 Å². The van der Waals surface area contributed by atoms with E-state index in [1.54, 1.807) is 7.11 Å². The third-order valence-corrected chi connectivity index (χ3v) is 3.59. The van der Waals surface area contributed by atoms with Crippen LogP contribution in [-0.2, 0) is 6.54 Å². The van der Waals surface area contributed by atoms with Crippen molar-refractivity contribution in [2.75, 3.05) is 7.11 Å². The Morgan fingerprint density at radius 1 is 1.16 bits per heavy atom. The van der Waals surface area contributed by atoms with Crippen molar-refractivity contribution in [2.45, 2.75) is 12.6 Å². The van der Waals surface area contributed by atoms with Gasteiger partial charge in [0.25, 0.3) is 0 Å². The van der Waals surface area contributed by atoms with Crippen LogP contribution in [0.2, 0.25) is 0 Å². The molecule has 0 radical (unpaired) electrons. The van der Waals surface area contributed by atoms with Gasteiger partial charge in [-0.05, 0) is 29.3 Å². The van der Waals surface area contributed by atoms with Gasteiger partial charge >= 0.3 is 0 Å². The van der Waals surface area contributed by atoms with Crippen LogP contribution in [0.3, 0.4) is 0 Å². The smallest absolute Gasteiger partial charge is 0.124 e. The molecule has 0 saturated heterocycles. The van der Waals surface area contributed by atoms with Gasteiger partial charge in [0.05, 0.1) is 13.2 Å². The number of hydrogen-bond donors (Lipinski definition) is 2. The van der Waals surface area contributed by atoms with Crippen molar-refractivity contribution in [3.63, 3.8) is 0 Å². The minimum Gasteiger partial charge on any atom is -0.496 e. The van der Waals surface area contributed by atoms with Gasteiger partial charge in [-0.2, -0.15) is 0 Å². The minimum absolute atomic E-state index is 0.223. The van der Waals surface area contributed by atoms with Gasteiger partial charge in [0, 0.05) is 16.6 Å². The Morgan fingerprint density at radius 3 is 2.42 bits per heavy atom. The number of benzene rings is 2. The molecule has 2 rings (SSSR count). The lowest BCUT2D eigenvalue weighted by Gasteiger charge is -2.17. The van der Waals surface area contributed by atoms with E-state index in [-0.39, 0.29) is 6.04 Å². The highest BCUT2D eigenvalue weighted by atomic mass is 79.9. The number of halogens is 1. The lowest BCUT2D eigenvalue weighted by atomic mass is 9.98. The van der Waals surface area contributed by atoms with Crippen LogP contribution in [0, 0.1) is 0 Å². The van der Waals surface area contributed by atoms with Gasteiger partial charge in [-0.15, -0.1) is 0 Å². The van der Waals surface area contributed by atoms with Crippen LogP contribution in [0.1, 0.15) is 22.7 Å². The molecule has 0 aliphatic carbocycles. The maximum atomic E-state index is 6.32. The summed E-state index contributed by atoms with van der Waals surface area (Å²) in [7, 11) is 1.65. The molecule has 0 aliphatic rings. The fourth-order valence-corrected chi connectivity index (χ4v) is 2.37. The molecule has 0 spiro atoms. The van der Waals surface area contributed by atoms with E-state index in [1.165, 1.54) is 0 Å². The second-order valence-electron chi connectivity index (χ2n) is 4.31. The molecule has 0 heterocycles. The molecule has 1 atom stereocenters. The number of nitrogens with two attached hydrogens (primary N) is 2. The summed E-state index contributed by atoms with van der Waals surface area (Å²) in [5, 5.41) is 0. The first-order chi connectivity index (χ1) is 9.15. The van der Waals surface area contributed by atoms with Crippen LogP contribution in [0.4, 0.5) is 0 Å². The van der Waals surface area contributed by atoms with Gasteiger partial charge in [0.1, 0.15) is 5.75 Å². The summed E-state index contributed by atoms with van der Waals surface area (Å²) in [6.07, 6.45) is 0. The molecule has 1 unspecified atom stereocenters. The lowest BCUT2D eigenvalue weighted by molar-refractivity contribution is 0.407. The van der Waals surface area contributed by atoms with Gasteiger partial charge in [-0.3, -0.25) is 0 Å². The van der Waals surface area contributed by atoms with Crippen LogP contribution in [0.25, 0.3) is 0 Å². The van der Waals surface area contributed by atoms with Crippen LogP contribution < -0.4 is 16.2 Å². The van der Waals surface area contributed by atoms with Crippen LogP contribution >= 0.6 is 15.9 Å². The fourth-order valence-electron chi connectivity index (χ4n) is 1.99. The monoisotopic (exact) mass is 320 g/mol. The zero-order chi connectivity index (χ0) is 13.8. The Kier molecular flexibility index (Phi) is 4.58. The van der Waals surface area contributed by atoms with Gasteiger partial charge < -0.3 is 16.2 Å². The van der Waals surface area contributed by atoms with E-state index in [1.807, 2.05) is 42.5 Å². The van der Waals surface area contributed by atoms with Gasteiger partial charge in [-0.25, -0.2) is 0 Å². The first kappa shape index (κ1) is 14.1. The van der Waals surface area contributed by atoms with E-state index >= 15 is 0 Å². The summed E-state index contributed by atoms with van der Waals surface area (Å²) < 4.78 is 6.35. The summed E-state index contributed by atoms with van der Waals surface area (Å²) in [5.41, 5.74) is 15.0. The zero-order valence-corrected chi connectivity index (χ0v) is 12.4. The first-order valence-electron chi connectivity index (χ1n) is 6.03. The van der Waals surface area contributed by atoms with Crippen molar-refractivity contribution in [1.29, 1.82) is 0 Å². The largest absolute Gasteiger partial charge is 0.496 e. The molecule has 2 aromatic carbocycles. The number of methoxy groups -OCH3 is 1. The van der Waals surface area contributed by atoms with E-state index in [4.69, 9.17) is 16.2 Å². The van der Waals surface area contributed by atoms with Crippen LogP contribution in [0.15, 0.2) is 46.9 Å². The molecule has 2 aromatic rings. The van der Waals surface area contributed by atoms with Crippen LogP contribution in [0.5, 0.6) is 5.75 Å². The van der Waals surface area contributed by atoms with Crippen molar-refractivity contribution >= 4 is 15.9 Å². The molecule has 3 nitrogen and oxygen atoms in total. The van der Waals surface area contributed by atoms with E-state index < -0.39 is 0 Å². The lowest BCUT2D eigenvalue weighted by Crippen LogP contribution is -2.13. The molecule has 0 bridgehead atoms. The number of rotatable bonds is 4. The van der Waals surface area contributed by atoms with Crippen molar-refractivity contribution < 1.29 is 4.74 Å². The SMILES string of the molecule is COc1ccc(Br)cc1C(N)c1ccc(CN)cc1. The summed E-state index contributed by atoms with van der Waals surface area (Å²) in [6, 6.07) is 13.6. The molecular formula is C15H17BrN2O. The van der Waals surface area contributed by atoms with E-state index in [9.17, 15) is 0 Å². The molecule has 0 aliphatic heterocycles. The molecular weight excluding hydrogens is 304 g/mol. The summed E-state index contributed by atoms with van der Waals surface area (Å²) in [4.78, 5) is 0. The van der Waals surface area contributed by atoms with Gasteiger partial charge in [0.2, 0.25) is 0 Å². The molecule has 0 saturated carbocycles. The van der Waals surface area contributed by atoms with Crippen molar-refractivity contribution in [2.24, 2.45) is 11.5 Å². The molecule has 0 aromatic heterocycles. The third-order valence-electron chi connectivity index (χ3n) is 3.10. The first-order valence-corrected chi connectivity index (χ1v) is 6.83. The average molecular weight is 321 g/mol. The molecule has 4 N–H and O–H groups in total. The van der Waals surface area contributed by atoms with E-state index in [0.29, 0.717) is 6.54 Å². The summed E-state index contributed by atoms with van der Waals surface area (Å²) >= 11 is 3.46. The van der Waals surface area contributed by atoms with Gasteiger partial charge in [0.15, 0.2) is 0 Å². The predicted molar refractivity (Wildman–Crippen MR) is 81.1 cm³/mol. The summed E-state index contributed by atoms with van der Waals surface area (Å²) in [5.74, 6) is 0.790. The number of hydrogen-bond acceptors (Lipinski definition) is 3. The van der Waals surface area contributed by atoms with Crippen molar-refractivity contribution in [3.8, 4) is 5.75 Å². The number of ether oxygens (including phenoxy) is 1. The topological polar surface area (TPSA) is 61.3 Å². The molecule has 0 fully saturated rings. The molecule has 0 amide bonds. The Balaban J connectivity index is 2.36. The molecule has 4 heteroatoms. The minimum atomic E-state index is -0.223. The van der Waals surface area contributed by atoms with Gasteiger partial charge in [-0.1, -0.05) is 40.2 Å². The maximum Gasteiger partial charge on any atom is 0.124 e. The van der Waals surface area contributed by atoms with Crippen molar-refractivity contribution in [1.82, 2.24) is 0 Å². The zero-order valence-electron chi connectivity index (χ0n) is 10.8. The van der Waals surface area contributed by atoms with E-state index in [2.05, 4.69) is 15.9 Å². The quantitative estimate of drug-likeness (QED) is 0.910. The normalized spacial score (nSPS) is 12.2. The highest BCUT2D eigenvalue weighted by molar-refractivity contribution is 9.10. The Bertz CT molecular complexity index is 555. The second kappa shape index (κ2) is 6.19. The second-order valence-corrected chi connectivity index (χ2v) is 5.23. The fraction of sp³-hybridized carbons (Fsp3) is 0.200. The molecule has 100 valence electrons. The Morgan fingerprint density at radius 2 is 1.84 bits per heavy atom. The Labute approximate surface area is 121 Å². The molecule has 19 heavy (non-hydrogen) atoms. The van der Waals surface area contributed by atoms with Crippen molar-refractivity contribution in [3.05, 3.63) is 63.6 Å². The standard InChI is InChI=1S/C15H17BrN2O/c1-19-14-7-6-12(16)8-13(14)15(18)11-4-2-10(9-17)3-5-11/h2-8,15H,9,17-18H2,1H3. The highest BCUT2D eigenvalue weighted by Crippen LogP contribution is 2.31. The van der Waals surface area contributed by atoms with E-state index in [0.717, 1.165) is 26.9 Å². The Hall–Kier alpha value is -1.36. The summed E-state index contributed by atoms with van der Waals surface area (Å²) in [6.45, 7) is 0.537. The average Bonchev–Trinajstić information content (AvgIpc) is 2.46. The maximum absolute atomic E-state index is 6.32. The third kappa shape index (κ3) is 3.15. The highest BCUT2D eigenvalue weighted by Gasteiger charge is 2.14.